The first-order valence-electron chi connectivity index (χ1n) is 8.52. The van der Waals surface area contributed by atoms with E-state index in [1.54, 1.807) is 0 Å². The average Bonchev–Trinajstić information content (AvgIpc) is 3.15. The van der Waals surface area contributed by atoms with E-state index in [4.69, 9.17) is 4.74 Å². The van der Waals surface area contributed by atoms with Crippen LogP contribution in [0.3, 0.4) is 0 Å². The molecule has 1 heterocycles. The summed E-state index contributed by atoms with van der Waals surface area (Å²) in [6, 6.07) is 17.8. The van der Waals surface area contributed by atoms with Gasteiger partial charge in [0, 0.05) is 0 Å². The lowest BCUT2D eigenvalue weighted by molar-refractivity contribution is 0.328. The van der Waals surface area contributed by atoms with Crippen molar-refractivity contribution in [3.8, 4) is 0 Å². The Kier molecular flexibility index (Phi) is 2.90. The van der Waals surface area contributed by atoms with Crippen LogP contribution in [0.2, 0.25) is 0 Å². The fourth-order valence-corrected chi connectivity index (χ4v) is 4.23. The zero-order chi connectivity index (χ0) is 15.2. The number of hydrogen-bond acceptors (Lipinski definition) is 2. The Bertz CT molecular complexity index is 941. The van der Waals surface area contributed by atoms with Crippen LogP contribution in [-0.4, -0.2) is 19.0 Å². The van der Waals surface area contributed by atoms with E-state index in [1.165, 1.54) is 39.1 Å². The van der Waals surface area contributed by atoms with Crippen molar-refractivity contribution in [2.75, 3.05) is 13.2 Å². The molecule has 1 aliphatic carbocycles. The average molecular weight is 301 g/mol. The maximum atomic E-state index is 5.78. The summed E-state index contributed by atoms with van der Waals surface area (Å²) >= 11 is 0. The Morgan fingerprint density at radius 1 is 0.913 bits per heavy atom. The second-order valence-corrected chi connectivity index (χ2v) is 6.53. The van der Waals surface area contributed by atoms with E-state index in [2.05, 4.69) is 53.5 Å². The van der Waals surface area contributed by atoms with Crippen molar-refractivity contribution in [2.24, 2.45) is 4.99 Å². The zero-order valence-electron chi connectivity index (χ0n) is 13.1. The molecule has 0 N–H and O–H groups in total. The Morgan fingerprint density at radius 3 is 2.74 bits per heavy atom. The number of ether oxygens (including phenoxy) is 1. The van der Waals surface area contributed by atoms with E-state index < -0.39 is 0 Å². The minimum Gasteiger partial charge on any atom is -0.479 e. The van der Waals surface area contributed by atoms with Crippen LogP contribution in [0.4, 0.5) is 0 Å². The number of hydrogen-bond donors (Lipinski definition) is 0. The van der Waals surface area contributed by atoms with Gasteiger partial charge in [-0.3, -0.25) is 4.99 Å². The van der Waals surface area contributed by atoms with Crippen LogP contribution in [0.5, 0.6) is 0 Å². The molecule has 0 aromatic heterocycles. The number of aryl methyl sites for hydroxylation is 1. The lowest BCUT2D eigenvalue weighted by atomic mass is 9.80. The van der Waals surface area contributed by atoms with Crippen molar-refractivity contribution in [1.29, 1.82) is 0 Å². The highest BCUT2D eigenvalue weighted by molar-refractivity contribution is 6.09. The summed E-state index contributed by atoms with van der Waals surface area (Å²) in [5, 5.41) is 5.45. The van der Waals surface area contributed by atoms with Gasteiger partial charge in [-0.25, -0.2) is 0 Å². The molecular weight excluding hydrogens is 282 g/mol. The third-order valence-corrected chi connectivity index (χ3v) is 5.28. The van der Waals surface area contributed by atoms with Crippen LogP contribution in [0.1, 0.15) is 29.9 Å². The maximum absolute atomic E-state index is 5.78. The molecule has 1 unspecified atom stereocenters. The molecule has 3 aromatic carbocycles. The van der Waals surface area contributed by atoms with Gasteiger partial charge in [-0.05, 0) is 51.9 Å². The topological polar surface area (TPSA) is 21.6 Å². The lowest BCUT2D eigenvalue weighted by Crippen LogP contribution is -2.19. The van der Waals surface area contributed by atoms with Crippen LogP contribution in [0, 0.1) is 0 Å². The van der Waals surface area contributed by atoms with Crippen LogP contribution in [0.25, 0.3) is 21.5 Å². The van der Waals surface area contributed by atoms with Gasteiger partial charge in [-0.1, -0.05) is 48.5 Å². The van der Waals surface area contributed by atoms with Gasteiger partial charge in [0.1, 0.15) is 6.61 Å². The van der Waals surface area contributed by atoms with Crippen LogP contribution in [-0.2, 0) is 11.2 Å². The van der Waals surface area contributed by atoms with Crippen molar-refractivity contribution in [2.45, 2.75) is 25.2 Å². The highest BCUT2D eigenvalue weighted by atomic mass is 16.5. The molecule has 0 saturated heterocycles. The van der Waals surface area contributed by atoms with Crippen molar-refractivity contribution in [3.05, 3.63) is 59.7 Å². The summed E-state index contributed by atoms with van der Waals surface area (Å²) in [4.78, 5) is 4.58. The van der Waals surface area contributed by atoms with E-state index in [9.17, 15) is 0 Å². The number of rotatable bonds is 1. The van der Waals surface area contributed by atoms with Crippen LogP contribution >= 0.6 is 0 Å². The Labute approximate surface area is 135 Å². The van der Waals surface area contributed by atoms with Gasteiger partial charge in [0.15, 0.2) is 5.90 Å². The second-order valence-electron chi connectivity index (χ2n) is 6.53. The minimum atomic E-state index is 0.358. The first-order chi connectivity index (χ1) is 11.4. The van der Waals surface area contributed by atoms with Gasteiger partial charge in [-0.2, -0.15) is 0 Å². The molecule has 2 nitrogen and oxygen atoms in total. The lowest BCUT2D eigenvalue weighted by Gasteiger charge is -2.26. The van der Waals surface area contributed by atoms with E-state index in [0.717, 1.165) is 31.9 Å². The highest BCUT2D eigenvalue weighted by Gasteiger charge is 2.28. The zero-order valence-corrected chi connectivity index (χ0v) is 13.1. The van der Waals surface area contributed by atoms with Crippen molar-refractivity contribution < 1.29 is 4.74 Å². The van der Waals surface area contributed by atoms with Gasteiger partial charge < -0.3 is 4.74 Å². The number of nitrogens with zero attached hydrogens (tertiary/aromatic N) is 1. The molecule has 0 radical (unpaired) electrons. The summed E-state index contributed by atoms with van der Waals surface area (Å²) in [7, 11) is 0. The van der Waals surface area contributed by atoms with Gasteiger partial charge in [0.2, 0.25) is 0 Å². The molecule has 1 aliphatic heterocycles. The van der Waals surface area contributed by atoms with Crippen LogP contribution < -0.4 is 0 Å². The molecule has 0 spiro atoms. The van der Waals surface area contributed by atoms with Gasteiger partial charge in [0.25, 0.3) is 0 Å². The van der Waals surface area contributed by atoms with Crippen molar-refractivity contribution in [1.82, 2.24) is 0 Å². The number of aliphatic imine (C=N–C) groups is 1. The smallest absolute Gasteiger partial charge is 0.191 e. The predicted molar refractivity (Wildman–Crippen MR) is 95.4 cm³/mol. The van der Waals surface area contributed by atoms with Gasteiger partial charge in [-0.15, -0.1) is 0 Å². The van der Waals surface area contributed by atoms with Crippen molar-refractivity contribution >= 4 is 27.4 Å². The van der Waals surface area contributed by atoms with E-state index in [0.29, 0.717) is 5.92 Å². The molecule has 2 aliphatic rings. The summed E-state index contributed by atoms with van der Waals surface area (Å²) in [6.45, 7) is 1.57. The Morgan fingerprint density at radius 2 is 1.83 bits per heavy atom. The first kappa shape index (κ1) is 13.1. The van der Waals surface area contributed by atoms with E-state index >= 15 is 0 Å². The summed E-state index contributed by atoms with van der Waals surface area (Å²) in [5.74, 6) is 1.32. The molecule has 2 heteroatoms. The monoisotopic (exact) mass is 301 g/mol. The summed E-state index contributed by atoms with van der Waals surface area (Å²) in [6.07, 6.45) is 3.53. The van der Waals surface area contributed by atoms with Gasteiger partial charge >= 0.3 is 0 Å². The molecule has 3 aromatic rings. The molecule has 0 amide bonds. The van der Waals surface area contributed by atoms with Gasteiger partial charge in [0.05, 0.1) is 12.5 Å². The standard InChI is InChI=1S/C21H19NO/c1-2-5-15-14(4-1)8-9-18-16-6-3-7-20(21-22-12-13-23-21)19(16)11-10-17(15)18/h1-2,4-5,8-11,20H,3,6-7,12-13H2. The van der Waals surface area contributed by atoms with E-state index in [1.807, 2.05) is 0 Å². The molecular formula is C21H19NO. The fourth-order valence-electron chi connectivity index (χ4n) is 4.23. The maximum Gasteiger partial charge on any atom is 0.191 e. The van der Waals surface area contributed by atoms with Crippen LogP contribution in [0.15, 0.2) is 53.5 Å². The summed E-state index contributed by atoms with van der Waals surface area (Å²) < 4.78 is 5.78. The Balaban J connectivity index is 1.76. The fraction of sp³-hybridized carbons (Fsp3) is 0.286. The highest BCUT2D eigenvalue weighted by Crippen LogP contribution is 2.39. The molecule has 23 heavy (non-hydrogen) atoms. The predicted octanol–water partition coefficient (Wildman–Crippen LogP) is 4.84. The summed E-state index contributed by atoms with van der Waals surface area (Å²) in [5.41, 5.74) is 2.93. The number of fused-ring (bicyclic) bond motifs is 5. The third-order valence-electron chi connectivity index (χ3n) is 5.28. The largest absolute Gasteiger partial charge is 0.479 e. The quantitative estimate of drug-likeness (QED) is 0.589. The number of benzene rings is 3. The Hall–Kier alpha value is -2.35. The third kappa shape index (κ3) is 1.98. The molecule has 0 saturated carbocycles. The molecule has 0 bridgehead atoms. The SMILES string of the molecule is c1ccc2c(c1)ccc1c3c(ccc12)C(C1=NCCO1)CCC3. The molecule has 0 fully saturated rings. The molecule has 1 atom stereocenters. The molecule has 114 valence electrons. The van der Waals surface area contributed by atoms with E-state index in [-0.39, 0.29) is 0 Å². The minimum absolute atomic E-state index is 0.358. The van der Waals surface area contributed by atoms with Crippen molar-refractivity contribution in [3.63, 3.8) is 0 Å². The molecule has 5 rings (SSSR count). The first-order valence-corrected chi connectivity index (χ1v) is 8.52. The second kappa shape index (κ2) is 5.09. The normalized spacial score (nSPS) is 20.3.